The van der Waals surface area contributed by atoms with Gasteiger partial charge in [0.2, 0.25) is 17.0 Å². The summed E-state index contributed by atoms with van der Waals surface area (Å²) in [5.41, 5.74) is 1.36. The Bertz CT molecular complexity index is 938. The largest absolute Gasteiger partial charge is 0.416 e. The van der Waals surface area contributed by atoms with Gasteiger partial charge in [-0.25, -0.2) is 9.97 Å². The molecule has 166 valence electrons. The quantitative estimate of drug-likeness (QED) is 0.381. The number of aromatic nitrogens is 2. The molecule has 0 bridgehead atoms. The molecule has 1 aromatic heterocycles. The maximum absolute atomic E-state index is 12.8. The third kappa shape index (κ3) is 6.61. The first-order valence-electron chi connectivity index (χ1n) is 10.0. The molecule has 0 aliphatic carbocycles. The van der Waals surface area contributed by atoms with Crippen LogP contribution in [0, 0.1) is 19.8 Å². The minimum Gasteiger partial charge on any atom is -0.342 e. The molecular formula is C21H25F3N6S. The van der Waals surface area contributed by atoms with E-state index in [4.69, 9.17) is 12.2 Å². The molecule has 2 aromatic rings. The van der Waals surface area contributed by atoms with Gasteiger partial charge in [-0.3, -0.25) is 5.32 Å². The molecule has 6 nitrogen and oxygen atoms in total. The normalized spacial score (nSPS) is 17.4. The number of rotatable bonds is 2. The van der Waals surface area contributed by atoms with Crippen molar-refractivity contribution in [2.24, 2.45) is 10.9 Å². The van der Waals surface area contributed by atoms with Gasteiger partial charge in [0.1, 0.15) is 0 Å². The number of nitrogens with zero attached hydrogens (tertiary/aromatic N) is 4. The smallest absolute Gasteiger partial charge is 0.342 e. The SMILES string of the molecule is Cc1cc(C)nc(N/C(=N/C(=S)Nc2ccc(C(F)(F)F)cc2)N2CCCC(C)C2)n1. The number of thiocarbonyl (C=S) groups is 1. The van der Waals surface area contributed by atoms with Crippen molar-refractivity contribution in [2.45, 2.75) is 39.8 Å². The minimum absolute atomic E-state index is 0.130. The van der Waals surface area contributed by atoms with Gasteiger partial charge in [0.05, 0.1) is 5.56 Å². The number of likely N-dealkylation sites (tertiary alicyclic amines) is 1. The van der Waals surface area contributed by atoms with Gasteiger partial charge >= 0.3 is 6.18 Å². The second-order valence-electron chi connectivity index (χ2n) is 7.73. The van der Waals surface area contributed by atoms with Crippen LogP contribution in [0.5, 0.6) is 0 Å². The zero-order chi connectivity index (χ0) is 22.6. The summed E-state index contributed by atoms with van der Waals surface area (Å²) < 4.78 is 38.3. The molecular weight excluding hydrogens is 425 g/mol. The first-order chi connectivity index (χ1) is 14.6. The molecule has 1 unspecified atom stereocenters. The van der Waals surface area contributed by atoms with E-state index in [0.29, 0.717) is 23.5 Å². The molecule has 0 spiro atoms. The Balaban J connectivity index is 1.80. The summed E-state index contributed by atoms with van der Waals surface area (Å²) >= 11 is 5.36. The lowest BCUT2D eigenvalue weighted by Crippen LogP contribution is -2.43. The number of anilines is 2. The van der Waals surface area contributed by atoms with Crippen molar-refractivity contribution in [1.82, 2.24) is 14.9 Å². The third-order valence-corrected chi connectivity index (χ3v) is 5.03. The molecule has 2 N–H and O–H groups in total. The summed E-state index contributed by atoms with van der Waals surface area (Å²) in [5.74, 6) is 1.44. The van der Waals surface area contributed by atoms with Crippen molar-refractivity contribution in [2.75, 3.05) is 23.7 Å². The predicted octanol–water partition coefficient (Wildman–Crippen LogP) is 5.01. The van der Waals surface area contributed by atoms with Crippen molar-refractivity contribution >= 4 is 34.9 Å². The Morgan fingerprint density at radius 3 is 2.35 bits per heavy atom. The zero-order valence-electron chi connectivity index (χ0n) is 17.6. The van der Waals surface area contributed by atoms with Gasteiger partial charge in [0.15, 0.2) is 0 Å². The van der Waals surface area contributed by atoms with Crippen molar-refractivity contribution in [3.8, 4) is 0 Å². The molecule has 10 heteroatoms. The fourth-order valence-electron chi connectivity index (χ4n) is 3.43. The van der Waals surface area contributed by atoms with E-state index in [1.54, 1.807) is 0 Å². The lowest BCUT2D eigenvalue weighted by Gasteiger charge is -2.33. The number of aliphatic imine (C=N–C) groups is 1. The summed E-state index contributed by atoms with van der Waals surface area (Å²) in [7, 11) is 0. The van der Waals surface area contributed by atoms with Gasteiger partial charge in [-0.1, -0.05) is 6.92 Å². The summed E-state index contributed by atoms with van der Waals surface area (Å²) in [6.45, 7) is 7.56. The van der Waals surface area contributed by atoms with Crippen LogP contribution in [-0.4, -0.2) is 39.0 Å². The Kier molecular flexibility index (Phi) is 7.09. The predicted molar refractivity (Wildman–Crippen MR) is 120 cm³/mol. The van der Waals surface area contributed by atoms with Crippen LogP contribution < -0.4 is 10.6 Å². The van der Waals surface area contributed by atoms with Gasteiger partial charge in [-0.15, -0.1) is 0 Å². The third-order valence-electron chi connectivity index (χ3n) is 4.83. The molecule has 2 heterocycles. The molecule has 1 fully saturated rings. The Labute approximate surface area is 185 Å². The highest BCUT2D eigenvalue weighted by molar-refractivity contribution is 7.80. The Morgan fingerprint density at radius 1 is 1.13 bits per heavy atom. The summed E-state index contributed by atoms with van der Waals surface area (Å²) in [5, 5.41) is 6.18. The molecule has 1 aliphatic heterocycles. The van der Waals surface area contributed by atoms with E-state index in [2.05, 4.69) is 37.4 Å². The van der Waals surface area contributed by atoms with Gasteiger partial charge in [-0.05, 0) is 75.2 Å². The number of alkyl halides is 3. The zero-order valence-corrected chi connectivity index (χ0v) is 18.4. The second kappa shape index (κ2) is 9.59. The number of hydrogen-bond donors (Lipinski definition) is 2. The standard InChI is InChI=1S/C21H25F3N6S/c1-13-5-4-10-30(12-13)19(28-18-25-14(2)11-15(3)26-18)29-20(31)27-17-8-6-16(7-9-17)21(22,23)24/h6-9,11,13H,4-5,10,12H2,1-3H3,(H2,25,26,27,28,29,31). The number of benzene rings is 1. The van der Waals surface area contributed by atoms with Crippen molar-refractivity contribution < 1.29 is 13.2 Å². The van der Waals surface area contributed by atoms with Gasteiger partial charge < -0.3 is 10.2 Å². The summed E-state index contributed by atoms with van der Waals surface area (Å²) in [6.07, 6.45) is -2.22. The van der Waals surface area contributed by atoms with Crippen LogP contribution in [-0.2, 0) is 6.18 Å². The van der Waals surface area contributed by atoms with Crippen LogP contribution in [0.2, 0.25) is 0 Å². The van der Waals surface area contributed by atoms with Gasteiger partial charge in [0, 0.05) is 30.2 Å². The highest BCUT2D eigenvalue weighted by Crippen LogP contribution is 2.29. The minimum atomic E-state index is -4.38. The van der Waals surface area contributed by atoms with Crippen LogP contribution in [0.4, 0.5) is 24.8 Å². The van der Waals surface area contributed by atoms with Crippen molar-refractivity contribution in [1.29, 1.82) is 0 Å². The first kappa shape index (κ1) is 22.9. The lowest BCUT2D eigenvalue weighted by atomic mass is 10.0. The molecule has 31 heavy (non-hydrogen) atoms. The van der Waals surface area contributed by atoms with Crippen LogP contribution in [0.1, 0.15) is 36.7 Å². The average molecular weight is 451 g/mol. The topological polar surface area (TPSA) is 65.4 Å². The number of aryl methyl sites for hydroxylation is 2. The first-order valence-corrected chi connectivity index (χ1v) is 10.4. The van der Waals surface area contributed by atoms with E-state index in [1.807, 2.05) is 19.9 Å². The molecule has 0 radical (unpaired) electrons. The fourth-order valence-corrected chi connectivity index (χ4v) is 3.64. The molecule has 1 saturated heterocycles. The maximum Gasteiger partial charge on any atom is 0.416 e. The van der Waals surface area contributed by atoms with E-state index in [1.165, 1.54) is 12.1 Å². The van der Waals surface area contributed by atoms with Crippen LogP contribution in [0.25, 0.3) is 0 Å². The van der Waals surface area contributed by atoms with E-state index < -0.39 is 11.7 Å². The number of guanidine groups is 1. The second-order valence-corrected chi connectivity index (χ2v) is 8.12. The summed E-state index contributed by atoms with van der Waals surface area (Å²) in [4.78, 5) is 15.4. The van der Waals surface area contributed by atoms with Crippen LogP contribution in [0.3, 0.4) is 0 Å². The lowest BCUT2D eigenvalue weighted by molar-refractivity contribution is -0.137. The van der Waals surface area contributed by atoms with Crippen LogP contribution >= 0.6 is 12.2 Å². The maximum atomic E-state index is 12.8. The van der Waals surface area contributed by atoms with Crippen LogP contribution in [0.15, 0.2) is 35.3 Å². The van der Waals surface area contributed by atoms with E-state index >= 15 is 0 Å². The molecule has 3 rings (SSSR count). The Morgan fingerprint density at radius 2 is 1.77 bits per heavy atom. The molecule has 1 aromatic carbocycles. The number of piperidine rings is 1. The van der Waals surface area contributed by atoms with Crippen molar-refractivity contribution in [3.05, 3.63) is 47.3 Å². The number of nitrogens with one attached hydrogen (secondary N) is 2. The van der Waals surface area contributed by atoms with Gasteiger partial charge in [0.25, 0.3) is 0 Å². The molecule has 0 saturated carbocycles. The van der Waals surface area contributed by atoms with E-state index in [9.17, 15) is 13.2 Å². The summed E-state index contributed by atoms with van der Waals surface area (Å²) in [6, 6.07) is 6.54. The van der Waals surface area contributed by atoms with E-state index in [-0.39, 0.29) is 5.11 Å². The number of hydrogen-bond acceptors (Lipinski definition) is 3. The number of halogens is 3. The molecule has 1 aliphatic rings. The van der Waals surface area contributed by atoms with Gasteiger partial charge in [-0.2, -0.15) is 18.2 Å². The fraction of sp³-hybridized carbons (Fsp3) is 0.429. The highest BCUT2D eigenvalue weighted by atomic mass is 32.1. The average Bonchev–Trinajstić information content (AvgIpc) is 2.66. The monoisotopic (exact) mass is 450 g/mol. The highest BCUT2D eigenvalue weighted by Gasteiger charge is 2.30. The Hall–Kier alpha value is -2.75. The molecule has 0 amide bonds. The van der Waals surface area contributed by atoms with Crippen molar-refractivity contribution in [3.63, 3.8) is 0 Å². The molecule has 1 atom stereocenters. The van der Waals surface area contributed by atoms with E-state index in [0.717, 1.165) is 49.5 Å².